The Morgan fingerprint density at radius 1 is 1.44 bits per heavy atom. The molecule has 1 aliphatic rings. The first-order valence-corrected chi connectivity index (χ1v) is 6.53. The molecule has 0 aliphatic carbocycles. The van der Waals surface area contributed by atoms with Crippen molar-refractivity contribution >= 4 is 11.9 Å². The summed E-state index contributed by atoms with van der Waals surface area (Å²) in [5.74, 6) is -0.587. The Morgan fingerprint density at radius 2 is 2.11 bits per heavy atom. The van der Waals surface area contributed by atoms with Crippen molar-refractivity contribution in [2.75, 3.05) is 13.1 Å². The summed E-state index contributed by atoms with van der Waals surface area (Å²) in [4.78, 5) is 22.9. The molecule has 1 unspecified atom stereocenters. The molecular weight excluding hydrogens is 232 g/mol. The third kappa shape index (κ3) is 4.64. The van der Waals surface area contributed by atoms with Crippen LogP contribution in [0.2, 0.25) is 0 Å². The summed E-state index contributed by atoms with van der Waals surface area (Å²) >= 11 is 0. The fourth-order valence-electron chi connectivity index (χ4n) is 2.18. The van der Waals surface area contributed by atoms with Gasteiger partial charge in [0.2, 0.25) is 5.91 Å². The molecular formula is C13H24N2O3. The average molecular weight is 256 g/mol. The first-order valence-electron chi connectivity index (χ1n) is 6.53. The number of hydrogen-bond donors (Lipinski definition) is 3. The lowest BCUT2D eigenvalue weighted by atomic mass is 9.86. The molecule has 5 heteroatoms. The molecule has 1 amide bonds. The Bertz CT molecular complexity index is 304. The summed E-state index contributed by atoms with van der Waals surface area (Å²) in [7, 11) is 0. The molecule has 0 radical (unpaired) electrons. The predicted molar refractivity (Wildman–Crippen MR) is 69.2 cm³/mol. The number of aliphatic carboxylic acids is 1. The van der Waals surface area contributed by atoms with Crippen LogP contribution in [0.3, 0.4) is 0 Å². The fourth-order valence-corrected chi connectivity index (χ4v) is 2.18. The monoisotopic (exact) mass is 256 g/mol. The smallest absolute Gasteiger partial charge is 0.326 e. The summed E-state index contributed by atoms with van der Waals surface area (Å²) in [6, 6.07) is -0.827. The predicted octanol–water partition coefficient (Wildman–Crippen LogP) is 0.992. The zero-order valence-corrected chi connectivity index (χ0v) is 11.5. The second-order valence-corrected chi connectivity index (χ2v) is 6.10. The molecule has 0 aromatic carbocycles. The molecule has 1 aliphatic heterocycles. The zero-order valence-electron chi connectivity index (χ0n) is 11.5. The molecule has 0 spiro atoms. The van der Waals surface area contributed by atoms with Crippen LogP contribution in [0.25, 0.3) is 0 Å². The van der Waals surface area contributed by atoms with Crippen LogP contribution in [0, 0.1) is 11.3 Å². The lowest BCUT2D eigenvalue weighted by Crippen LogP contribution is -2.49. The van der Waals surface area contributed by atoms with Crippen molar-refractivity contribution < 1.29 is 14.7 Å². The van der Waals surface area contributed by atoms with E-state index in [1.165, 1.54) is 0 Å². The highest BCUT2D eigenvalue weighted by atomic mass is 16.4. The second kappa shape index (κ2) is 6.18. The highest BCUT2D eigenvalue weighted by Crippen LogP contribution is 2.20. The summed E-state index contributed by atoms with van der Waals surface area (Å²) in [6.45, 7) is 7.42. The number of carbonyl (C=O) groups excluding carboxylic acids is 1. The third-order valence-corrected chi connectivity index (χ3v) is 3.36. The molecule has 3 N–H and O–H groups in total. The molecule has 104 valence electrons. The number of carbonyl (C=O) groups is 2. The van der Waals surface area contributed by atoms with E-state index in [4.69, 9.17) is 5.11 Å². The van der Waals surface area contributed by atoms with Crippen LogP contribution in [0.15, 0.2) is 0 Å². The van der Waals surface area contributed by atoms with Crippen LogP contribution < -0.4 is 10.6 Å². The summed E-state index contributed by atoms with van der Waals surface area (Å²) < 4.78 is 0. The molecule has 1 heterocycles. The van der Waals surface area contributed by atoms with Gasteiger partial charge in [-0.3, -0.25) is 4.79 Å². The van der Waals surface area contributed by atoms with E-state index in [-0.39, 0.29) is 5.91 Å². The topological polar surface area (TPSA) is 78.4 Å². The highest BCUT2D eigenvalue weighted by Gasteiger charge is 2.32. The van der Waals surface area contributed by atoms with Gasteiger partial charge in [-0.15, -0.1) is 0 Å². The van der Waals surface area contributed by atoms with Gasteiger partial charge in [0.05, 0.1) is 0 Å². The molecule has 5 nitrogen and oxygen atoms in total. The van der Waals surface area contributed by atoms with E-state index in [2.05, 4.69) is 10.6 Å². The SMILES string of the molecule is CC(C)(C)[C@@H](NC(=O)CCC1CCNC1)C(=O)O. The average Bonchev–Trinajstić information content (AvgIpc) is 2.73. The third-order valence-electron chi connectivity index (χ3n) is 3.36. The van der Waals surface area contributed by atoms with Gasteiger partial charge < -0.3 is 15.7 Å². The van der Waals surface area contributed by atoms with Crippen molar-refractivity contribution in [3.63, 3.8) is 0 Å². The number of rotatable bonds is 5. The van der Waals surface area contributed by atoms with Gasteiger partial charge in [0.25, 0.3) is 0 Å². The van der Waals surface area contributed by atoms with Gasteiger partial charge >= 0.3 is 5.97 Å². The van der Waals surface area contributed by atoms with E-state index in [1.807, 2.05) is 20.8 Å². The molecule has 0 bridgehead atoms. The van der Waals surface area contributed by atoms with E-state index in [9.17, 15) is 9.59 Å². The standard InChI is InChI=1S/C13H24N2O3/c1-13(2,3)11(12(17)18)15-10(16)5-4-9-6-7-14-8-9/h9,11,14H,4-8H2,1-3H3,(H,15,16)(H,17,18)/t9?,11-/m0/s1. The molecule has 1 rings (SSSR count). The van der Waals surface area contributed by atoms with Crippen molar-refractivity contribution in [1.29, 1.82) is 0 Å². The molecule has 0 aromatic heterocycles. The largest absolute Gasteiger partial charge is 0.480 e. The van der Waals surface area contributed by atoms with Gasteiger partial charge in [-0.2, -0.15) is 0 Å². The van der Waals surface area contributed by atoms with Crippen molar-refractivity contribution in [1.82, 2.24) is 10.6 Å². The molecule has 2 atom stereocenters. The Morgan fingerprint density at radius 3 is 2.56 bits per heavy atom. The maximum absolute atomic E-state index is 11.8. The number of hydrogen-bond acceptors (Lipinski definition) is 3. The second-order valence-electron chi connectivity index (χ2n) is 6.10. The van der Waals surface area contributed by atoms with Crippen LogP contribution in [0.4, 0.5) is 0 Å². The normalized spacial score (nSPS) is 21.6. The van der Waals surface area contributed by atoms with Crippen LogP contribution >= 0.6 is 0 Å². The van der Waals surface area contributed by atoms with Gasteiger partial charge in [-0.05, 0) is 37.3 Å². The van der Waals surface area contributed by atoms with Crippen LogP contribution in [0.5, 0.6) is 0 Å². The van der Waals surface area contributed by atoms with Gasteiger partial charge in [0.1, 0.15) is 6.04 Å². The Balaban J connectivity index is 2.39. The number of carboxylic acid groups (broad SMARTS) is 1. The summed E-state index contributed by atoms with van der Waals surface area (Å²) in [5.41, 5.74) is -0.476. The van der Waals surface area contributed by atoms with E-state index >= 15 is 0 Å². The number of carboxylic acids is 1. The van der Waals surface area contributed by atoms with Crippen molar-refractivity contribution in [3.05, 3.63) is 0 Å². The number of nitrogens with one attached hydrogen (secondary N) is 2. The van der Waals surface area contributed by atoms with Gasteiger partial charge in [0, 0.05) is 6.42 Å². The summed E-state index contributed by atoms with van der Waals surface area (Å²) in [6.07, 6.45) is 2.34. The number of amides is 1. The molecule has 0 aromatic rings. The van der Waals surface area contributed by atoms with Crippen LogP contribution in [0.1, 0.15) is 40.0 Å². The lowest BCUT2D eigenvalue weighted by molar-refractivity contribution is -0.145. The fraction of sp³-hybridized carbons (Fsp3) is 0.846. The Kier molecular flexibility index (Phi) is 5.14. The molecule has 1 fully saturated rings. The maximum atomic E-state index is 11.8. The van der Waals surface area contributed by atoms with Crippen molar-refractivity contribution in [2.24, 2.45) is 11.3 Å². The lowest BCUT2D eigenvalue weighted by Gasteiger charge is -2.27. The van der Waals surface area contributed by atoms with E-state index < -0.39 is 17.4 Å². The van der Waals surface area contributed by atoms with Crippen molar-refractivity contribution in [3.8, 4) is 0 Å². The minimum atomic E-state index is -0.974. The maximum Gasteiger partial charge on any atom is 0.326 e. The summed E-state index contributed by atoms with van der Waals surface area (Å²) in [5, 5.41) is 15.0. The van der Waals surface area contributed by atoms with Crippen molar-refractivity contribution in [2.45, 2.75) is 46.1 Å². The van der Waals surface area contributed by atoms with Gasteiger partial charge in [-0.1, -0.05) is 20.8 Å². The quantitative estimate of drug-likeness (QED) is 0.685. The Hall–Kier alpha value is -1.10. The first-order chi connectivity index (χ1) is 8.30. The highest BCUT2D eigenvalue weighted by molar-refractivity contribution is 5.84. The van der Waals surface area contributed by atoms with Gasteiger partial charge in [0.15, 0.2) is 0 Å². The zero-order chi connectivity index (χ0) is 13.8. The molecule has 0 saturated carbocycles. The van der Waals surface area contributed by atoms with Crippen LogP contribution in [-0.2, 0) is 9.59 Å². The van der Waals surface area contributed by atoms with E-state index in [1.54, 1.807) is 0 Å². The minimum absolute atomic E-state index is 0.163. The Labute approximate surface area is 108 Å². The minimum Gasteiger partial charge on any atom is -0.480 e. The van der Waals surface area contributed by atoms with Crippen LogP contribution in [-0.4, -0.2) is 36.1 Å². The molecule has 18 heavy (non-hydrogen) atoms. The molecule has 1 saturated heterocycles. The first kappa shape index (κ1) is 15.0. The van der Waals surface area contributed by atoms with E-state index in [0.717, 1.165) is 25.9 Å². The van der Waals surface area contributed by atoms with E-state index in [0.29, 0.717) is 12.3 Å². The van der Waals surface area contributed by atoms with Gasteiger partial charge in [-0.25, -0.2) is 4.79 Å².